The monoisotopic (exact) mass is 508 g/mol. The first-order valence-corrected chi connectivity index (χ1v) is 13.1. The number of halogens is 1. The van der Waals surface area contributed by atoms with Crippen molar-refractivity contribution in [3.05, 3.63) is 83.8 Å². The summed E-state index contributed by atoms with van der Waals surface area (Å²) in [7, 11) is -3.60. The van der Waals surface area contributed by atoms with Gasteiger partial charge in [-0.1, -0.05) is 17.7 Å². The maximum absolute atomic E-state index is 13.5. The molecule has 2 N–H and O–H groups in total. The predicted octanol–water partition coefficient (Wildman–Crippen LogP) is 4.36. The normalized spacial score (nSPS) is 11.7. The van der Waals surface area contributed by atoms with Crippen LogP contribution in [0.4, 0.5) is 10.3 Å². The zero-order chi connectivity index (χ0) is 24.4. The highest BCUT2D eigenvalue weighted by molar-refractivity contribution is 7.89. The van der Waals surface area contributed by atoms with E-state index in [4.69, 9.17) is 4.98 Å². The summed E-state index contributed by atoms with van der Waals surface area (Å²) in [5, 5.41) is 4.99. The number of fused-ring (bicyclic) bond motifs is 1. The summed E-state index contributed by atoms with van der Waals surface area (Å²) < 4.78 is 42.9. The molecule has 0 aliphatic heterocycles. The summed E-state index contributed by atoms with van der Waals surface area (Å²) in [6, 6.07) is 14.6. The van der Waals surface area contributed by atoms with Crippen LogP contribution >= 0.6 is 11.3 Å². The SMILES string of the molecule is Cc1ccc(S(=O)(=O)NCCNc2nccc(-c3c(-c4ccc(F)cc4)nc4sccn34)n2)cc1. The van der Waals surface area contributed by atoms with E-state index in [1.807, 2.05) is 22.9 Å². The third-order valence-electron chi connectivity index (χ3n) is 5.31. The lowest BCUT2D eigenvalue weighted by Crippen LogP contribution is -2.29. The van der Waals surface area contributed by atoms with Gasteiger partial charge in [-0.05, 0) is 49.4 Å². The number of aromatic nitrogens is 4. The van der Waals surface area contributed by atoms with Gasteiger partial charge in [0, 0.05) is 36.4 Å². The van der Waals surface area contributed by atoms with Gasteiger partial charge in [0.25, 0.3) is 0 Å². The number of rotatable bonds is 8. The molecule has 0 aliphatic carbocycles. The van der Waals surface area contributed by atoms with Crippen molar-refractivity contribution in [2.75, 3.05) is 18.4 Å². The highest BCUT2D eigenvalue weighted by Gasteiger charge is 2.19. The van der Waals surface area contributed by atoms with Gasteiger partial charge in [0.2, 0.25) is 16.0 Å². The number of benzene rings is 2. The highest BCUT2D eigenvalue weighted by Crippen LogP contribution is 2.33. The summed E-state index contributed by atoms with van der Waals surface area (Å²) >= 11 is 1.49. The Kier molecular flexibility index (Phi) is 6.29. The van der Waals surface area contributed by atoms with Crippen molar-refractivity contribution in [2.24, 2.45) is 0 Å². The van der Waals surface area contributed by atoms with Crippen LogP contribution in [0, 0.1) is 12.7 Å². The zero-order valence-corrected chi connectivity index (χ0v) is 20.3. The number of aryl methyl sites for hydroxylation is 1. The molecule has 0 saturated heterocycles. The maximum atomic E-state index is 13.5. The fourth-order valence-corrected chi connectivity index (χ4v) is 5.32. The summed E-state index contributed by atoms with van der Waals surface area (Å²) in [6.07, 6.45) is 3.53. The smallest absolute Gasteiger partial charge is 0.240 e. The molecule has 11 heteroatoms. The molecule has 0 bridgehead atoms. The van der Waals surface area contributed by atoms with Crippen LogP contribution in [0.5, 0.6) is 0 Å². The van der Waals surface area contributed by atoms with Crippen molar-refractivity contribution in [3.8, 4) is 22.6 Å². The van der Waals surface area contributed by atoms with Crippen molar-refractivity contribution >= 4 is 32.3 Å². The van der Waals surface area contributed by atoms with Gasteiger partial charge in [0.15, 0.2) is 4.96 Å². The first-order chi connectivity index (χ1) is 16.9. The fraction of sp³-hybridized carbons (Fsp3) is 0.125. The first-order valence-electron chi connectivity index (χ1n) is 10.8. The van der Waals surface area contributed by atoms with E-state index in [-0.39, 0.29) is 17.3 Å². The number of nitrogens with zero attached hydrogens (tertiary/aromatic N) is 4. The summed E-state index contributed by atoms with van der Waals surface area (Å²) in [5.74, 6) is 0.0371. The zero-order valence-electron chi connectivity index (χ0n) is 18.6. The van der Waals surface area contributed by atoms with E-state index in [0.29, 0.717) is 23.9 Å². The molecule has 0 radical (unpaired) electrons. The van der Waals surface area contributed by atoms with Crippen LogP contribution in [0.1, 0.15) is 5.56 Å². The second-order valence-corrected chi connectivity index (χ2v) is 10.4. The van der Waals surface area contributed by atoms with Crippen LogP contribution < -0.4 is 10.0 Å². The van der Waals surface area contributed by atoms with Crippen LogP contribution in [-0.4, -0.2) is 40.9 Å². The predicted molar refractivity (Wildman–Crippen MR) is 134 cm³/mol. The average molecular weight is 509 g/mol. The van der Waals surface area contributed by atoms with Crippen molar-refractivity contribution in [1.29, 1.82) is 0 Å². The summed E-state index contributed by atoms with van der Waals surface area (Å²) in [4.78, 5) is 14.6. The number of hydrogen-bond acceptors (Lipinski definition) is 7. The molecule has 0 unspecified atom stereocenters. The standard InChI is InChI=1S/C24H21FN6O2S2/c1-16-2-8-19(9-3-16)35(32,33)28-13-12-27-23-26-11-10-20(29-23)22-21(17-4-6-18(25)7-5-17)30-24-31(22)14-15-34-24/h2-11,14-15,28H,12-13H2,1H3,(H,26,27,29). The first kappa shape index (κ1) is 23.1. The molecule has 8 nitrogen and oxygen atoms in total. The number of hydrogen-bond donors (Lipinski definition) is 2. The van der Waals surface area contributed by atoms with Crippen LogP contribution in [-0.2, 0) is 10.0 Å². The average Bonchev–Trinajstić information content (AvgIpc) is 3.44. The minimum atomic E-state index is -3.60. The van der Waals surface area contributed by atoms with E-state index >= 15 is 0 Å². The number of nitrogens with one attached hydrogen (secondary N) is 2. The van der Waals surface area contributed by atoms with Gasteiger partial charge < -0.3 is 5.32 Å². The van der Waals surface area contributed by atoms with E-state index in [1.54, 1.807) is 48.7 Å². The summed E-state index contributed by atoms with van der Waals surface area (Å²) in [5.41, 5.74) is 3.85. The van der Waals surface area contributed by atoms with Crippen LogP contribution in [0.25, 0.3) is 27.6 Å². The number of sulfonamides is 1. The van der Waals surface area contributed by atoms with Gasteiger partial charge in [0.05, 0.1) is 16.3 Å². The van der Waals surface area contributed by atoms with E-state index < -0.39 is 10.0 Å². The second kappa shape index (κ2) is 9.53. The van der Waals surface area contributed by atoms with Crippen LogP contribution in [0.15, 0.2) is 77.3 Å². The molecule has 0 fully saturated rings. The van der Waals surface area contributed by atoms with E-state index in [2.05, 4.69) is 20.0 Å². The van der Waals surface area contributed by atoms with Crippen LogP contribution in [0.3, 0.4) is 0 Å². The molecule has 0 atom stereocenters. The van der Waals surface area contributed by atoms with Gasteiger partial charge in [-0.25, -0.2) is 32.5 Å². The fourth-order valence-electron chi connectivity index (χ4n) is 3.58. The molecule has 35 heavy (non-hydrogen) atoms. The largest absolute Gasteiger partial charge is 0.353 e. The second-order valence-electron chi connectivity index (χ2n) is 7.77. The molecule has 0 spiro atoms. The topological polar surface area (TPSA) is 101 Å². The van der Waals surface area contributed by atoms with Gasteiger partial charge in [-0.15, -0.1) is 11.3 Å². The minimum absolute atomic E-state index is 0.159. The van der Waals surface area contributed by atoms with Gasteiger partial charge in [-0.3, -0.25) is 4.40 Å². The Balaban J connectivity index is 1.33. The molecule has 5 aromatic rings. The molecule has 3 aromatic heterocycles. The lowest BCUT2D eigenvalue weighted by atomic mass is 10.1. The Bertz CT molecular complexity index is 1580. The lowest BCUT2D eigenvalue weighted by Gasteiger charge is -2.09. The Hall–Kier alpha value is -3.67. The van der Waals surface area contributed by atoms with E-state index in [9.17, 15) is 12.8 Å². The van der Waals surface area contributed by atoms with Crippen molar-refractivity contribution in [1.82, 2.24) is 24.1 Å². The van der Waals surface area contributed by atoms with Crippen molar-refractivity contribution in [2.45, 2.75) is 11.8 Å². The minimum Gasteiger partial charge on any atom is -0.353 e. The van der Waals surface area contributed by atoms with E-state index in [0.717, 1.165) is 21.8 Å². The molecule has 0 saturated carbocycles. The lowest BCUT2D eigenvalue weighted by molar-refractivity contribution is 0.583. The molecule has 2 aromatic carbocycles. The van der Waals surface area contributed by atoms with E-state index in [1.165, 1.54) is 23.5 Å². The Morgan fingerprint density at radius 2 is 1.77 bits per heavy atom. The molecule has 0 aliphatic rings. The molecular weight excluding hydrogens is 487 g/mol. The molecule has 5 rings (SSSR count). The van der Waals surface area contributed by atoms with Crippen LogP contribution in [0.2, 0.25) is 0 Å². The number of thiazole rings is 1. The highest BCUT2D eigenvalue weighted by atomic mass is 32.2. The Morgan fingerprint density at radius 1 is 1.00 bits per heavy atom. The van der Waals surface area contributed by atoms with Crippen molar-refractivity contribution in [3.63, 3.8) is 0 Å². The third kappa shape index (κ3) is 4.92. The van der Waals surface area contributed by atoms with Gasteiger partial charge in [-0.2, -0.15) is 0 Å². The quantitative estimate of drug-likeness (QED) is 0.302. The molecule has 3 heterocycles. The van der Waals surface area contributed by atoms with Gasteiger partial charge >= 0.3 is 0 Å². The summed E-state index contributed by atoms with van der Waals surface area (Å²) in [6.45, 7) is 2.35. The number of anilines is 1. The molecular formula is C24H21FN6O2S2. The maximum Gasteiger partial charge on any atom is 0.240 e. The Morgan fingerprint density at radius 3 is 2.54 bits per heavy atom. The Labute approximate surface area is 205 Å². The van der Waals surface area contributed by atoms with Gasteiger partial charge in [0.1, 0.15) is 11.5 Å². The molecule has 0 amide bonds. The number of imidazole rings is 1. The van der Waals surface area contributed by atoms with Crippen molar-refractivity contribution < 1.29 is 12.8 Å². The third-order valence-corrected chi connectivity index (χ3v) is 7.54. The molecule has 178 valence electrons.